The van der Waals surface area contributed by atoms with Crippen molar-refractivity contribution in [2.24, 2.45) is 10.7 Å². The van der Waals surface area contributed by atoms with Crippen LogP contribution in [0.5, 0.6) is 0 Å². The van der Waals surface area contributed by atoms with Gasteiger partial charge in [0.2, 0.25) is 12.2 Å². The number of hydrogen-bond donors (Lipinski definition) is 2. The molecule has 0 saturated carbocycles. The highest BCUT2D eigenvalue weighted by Crippen LogP contribution is 2.31. The summed E-state index contributed by atoms with van der Waals surface area (Å²) in [6, 6.07) is 7.59. The minimum atomic E-state index is -0.235. The molecule has 0 radical (unpaired) electrons. The molecule has 2 saturated heterocycles. The van der Waals surface area contributed by atoms with Gasteiger partial charge in [-0.1, -0.05) is 36.2 Å². The number of guanidine groups is 1. The van der Waals surface area contributed by atoms with Gasteiger partial charge in [-0.15, -0.1) is 4.99 Å². The van der Waals surface area contributed by atoms with Crippen LogP contribution in [0.2, 0.25) is 10.0 Å². The van der Waals surface area contributed by atoms with Gasteiger partial charge in [-0.3, -0.25) is 9.80 Å². The van der Waals surface area contributed by atoms with E-state index in [0.717, 1.165) is 57.8 Å². The highest BCUT2D eigenvalue weighted by molar-refractivity contribution is 6.33. The van der Waals surface area contributed by atoms with Crippen molar-refractivity contribution >= 4 is 40.7 Å². The van der Waals surface area contributed by atoms with Gasteiger partial charge in [0.1, 0.15) is 11.6 Å². The first kappa shape index (κ1) is 26.4. The Hall–Kier alpha value is -2.64. The molecule has 0 amide bonds. The Bertz CT molecular complexity index is 1130. The summed E-state index contributed by atoms with van der Waals surface area (Å²) in [5, 5.41) is 12.4. The lowest BCUT2D eigenvalue weighted by Gasteiger charge is -2.47. The van der Waals surface area contributed by atoms with E-state index in [9.17, 15) is 4.39 Å². The number of piperazine rings is 1. The molecule has 3 heterocycles. The molecule has 1 aromatic heterocycles. The maximum absolute atomic E-state index is 14.2. The van der Waals surface area contributed by atoms with Crippen molar-refractivity contribution < 1.29 is 4.39 Å². The van der Waals surface area contributed by atoms with E-state index in [4.69, 9.17) is 34.2 Å². The van der Waals surface area contributed by atoms with Crippen molar-refractivity contribution in [2.45, 2.75) is 44.8 Å². The lowest BCUT2D eigenvalue weighted by Crippen LogP contribution is -2.58. The van der Waals surface area contributed by atoms with Crippen LogP contribution in [0, 0.1) is 17.3 Å². The monoisotopic (exact) mass is 532 g/mol. The second kappa shape index (κ2) is 12.1. The molecule has 1 atom stereocenters. The van der Waals surface area contributed by atoms with Crippen LogP contribution in [0.15, 0.2) is 35.5 Å². The first-order chi connectivity index (χ1) is 17.4. The number of nitrogens with one attached hydrogen (secondary N) is 1. The van der Waals surface area contributed by atoms with E-state index in [0.29, 0.717) is 39.9 Å². The zero-order valence-electron chi connectivity index (χ0n) is 20.3. The maximum Gasteiger partial charge on any atom is 0.209 e. The van der Waals surface area contributed by atoms with E-state index >= 15 is 0 Å². The van der Waals surface area contributed by atoms with Crippen molar-refractivity contribution in [3.05, 3.63) is 51.9 Å². The van der Waals surface area contributed by atoms with Gasteiger partial charge >= 0.3 is 0 Å². The Labute approximate surface area is 221 Å². The number of anilines is 2. The summed E-state index contributed by atoms with van der Waals surface area (Å²) in [6.07, 6.45) is 6.45. The van der Waals surface area contributed by atoms with Crippen molar-refractivity contribution in [3.8, 4) is 6.19 Å². The van der Waals surface area contributed by atoms with Crippen molar-refractivity contribution in [1.82, 2.24) is 14.8 Å². The smallest absolute Gasteiger partial charge is 0.209 e. The summed E-state index contributed by atoms with van der Waals surface area (Å²) < 4.78 is 14.2. The van der Waals surface area contributed by atoms with E-state index in [1.165, 1.54) is 6.07 Å². The number of rotatable bonds is 6. The average Bonchev–Trinajstić information content (AvgIpc) is 2.86. The summed E-state index contributed by atoms with van der Waals surface area (Å²) in [6.45, 7) is 7.36. The van der Waals surface area contributed by atoms with Gasteiger partial charge in [0, 0.05) is 48.8 Å². The number of nitrogens with two attached hydrogens (primary N) is 1. The molecule has 0 bridgehead atoms. The molecule has 4 rings (SSSR count). The Kier molecular flexibility index (Phi) is 8.86. The molecular formula is C25H31Cl2FN8. The standard InChI is InChI=1S/C25H31Cl2FN8/c1-2-20-15-35(24-22(27)12-19(13-31-24)33-25(30)32-16-29)9-10-36(20)21-5-7-34(8-6-21)14-17-3-4-18(26)11-23(17)28/h3-4,11-13,20-21H,2,5-10,14-15H2,1H3,(H3,30,32,33)/t20-/m0/s1. The van der Waals surface area contributed by atoms with E-state index in [2.05, 4.69) is 36.9 Å². The number of hydrogen-bond acceptors (Lipinski definition) is 6. The Morgan fingerprint density at radius 3 is 2.69 bits per heavy atom. The van der Waals surface area contributed by atoms with E-state index < -0.39 is 0 Å². The van der Waals surface area contributed by atoms with E-state index in [-0.39, 0.29) is 11.8 Å². The molecule has 2 aliphatic heterocycles. The molecule has 1 aromatic carbocycles. The van der Waals surface area contributed by atoms with Crippen LogP contribution in [0.1, 0.15) is 31.7 Å². The zero-order valence-corrected chi connectivity index (χ0v) is 21.8. The van der Waals surface area contributed by atoms with E-state index in [1.54, 1.807) is 30.6 Å². The number of likely N-dealkylation sites (tertiary alicyclic amines) is 1. The predicted molar refractivity (Wildman–Crippen MR) is 143 cm³/mol. The van der Waals surface area contributed by atoms with Crippen LogP contribution in [-0.4, -0.2) is 65.6 Å². The molecular weight excluding hydrogens is 502 g/mol. The maximum atomic E-state index is 14.2. The zero-order chi connectivity index (χ0) is 25.7. The summed E-state index contributed by atoms with van der Waals surface area (Å²) in [5.74, 6) is 0.504. The summed E-state index contributed by atoms with van der Waals surface area (Å²) >= 11 is 12.4. The van der Waals surface area contributed by atoms with E-state index in [1.807, 2.05) is 0 Å². The number of aliphatic imine (C=N–C) groups is 1. The summed E-state index contributed by atoms with van der Waals surface area (Å²) in [4.78, 5) is 15.2. The third kappa shape index (κ3) is 6.37. The molecule has 3 N–H and O–H groups in total. The molecule has 0 aliphatic carbocycles. The molecule has 192 valence electrons. The highest BCUT2D eigenvalue weighted by atomic mass is 35.5. The first-order valence-electron chi connectivity index (χ1n) is 12.2. The van der Waals surface area contributed by atoms with Gasteiger partial charge in [-0.05, 0) is 50.6 Å². The fourth-order valence-electron chi connectivity index (χ4n) is 5.17. The topological polar surface area (TPSA) is 96.8 Å². The molecule has 0 unspecified atom stereocenters. The van der Waals surface area contributed by atoms with Gasteiger partial charge in [0.15, 0.2) is 0 Å². The van der Waals surface area contributed by atoms with Crippen LogP contribution in [-0.2, 0) is 6.54 Å². The third-order valence-electron chi connectivity index (χ3n) is 7.00. The first-order valence-corrected chi connectivity index (χ1v) is 12.9. The largest absolute Gasteiger partial charge is 0.369 e. The number of aromatic nitrogens is 1. The Morgan fingerprint density at radius 1 is 1.25 bits per heavy atom. The van der Waals surface area contributed by atoms with Crippen molar-refractivity contribution in [3.63, 3.8) is 0 Å². The molecule has 36 heavy (non-hydrogen) atoms. The minimum absolute atomic E-state index is 0.00729. The average molecular weight is 533 g/mol. The highest BCUT2D eigenvalue weighted by Gasteiger charge is 2.34. The van der Waals surface area contributed by atoms with Crippen LogP contribution < -0.4 is 16.0 Å². The Morgan fingerprint density at radius 2 is 2.03 bits per heavy atom. The SMILES string of the molecule is CC[C@H]1CN(c2ncc(N/C(N)=N/C#N)cc2Cl)CCN1C1CCN(Cc2ccc(Cl)cc2F)CC1. The predicted octanol–water partition coefficient (Wildman–Crippen LogP) is 4.30. The quantitative estimate of drug-likeness (QED) is 0.325. The lowest BCUT2D eigenvalue weighted by atomic mass is 9.97. The van der Waals surface area contributed by atoms with Crippen LogP contribution in [0.4, 0.5) is 15.9 Å². The number of pyridine rings is 1. The fourth-order valence-corrected chi connectivity index (χ4v) is 5.61. The van der Waals surface area contributed by atoms with Gasteiger partial charge in [0.25, 0.3) is 0 Å². The Balaban J connectivity index is 1.33. The fraction of sp³-hybridized carbons (Fsp3) is 0.480. The lowest BCUT2D eigenvalue weighted by molar-refractivity contribution is 0.0607. The number of piperidine rings is 1. The summed E-state index contributed by atoms with van der Waals surface area (Å²) in [5.41, 5.74) is 6.91. The van der Waals surface area contributed by atoms with Gasteiger partial charge < -0.3 is 16.0 Å². The number of halogens is 3. The molecule has 2 aromatic rings. The van der Waals surface area contributed by atoms with Crippen LogP contribution >= 0.6 is 23.2 Å². The second-order valence-electron chi connectivity index (χ2n) is 9.24. The molecule has 2 aliphatic rings. The van der Waals surface area contributed by atoms with Gasteiger partial charge in [-0.2, -0.15) is 5.26 Å². The molecule has 11 heteroatoms. The van der Waals surface area contributed by atoms with Crippen molar-refractivity contribution in [1.29, 1.82) is 5.26 Å². The third-order valence-corrected chi connectivity index (χ3v) is 7.51. The molecule has 2 fully saturated rings. The second-order valence-corrected chi connectivity index (χ2v) is 10.1. The normalized spacial score (nSPS) is 20.4. The minimum Gasteiger partial charge on any atom is -0.369 e. The molecule has 8 nitrogen and oxygen atoms in total. The van der Waals surface area contributed by atoms with Crippen LogP contribution in [0.3, 0.4) is 0 Å². The van der Waals surface area contributed by atoms with Crippen molar-refractivity contribution in [2.75, 3.05) is 42.9 Å². The van der Waals surface area contributed by atoms with Gasteiger partial charge in [-0.25, -0.2) is 9.37 Å². The van der Waals surface area contributed by atoms with Gasteiger partial charge in [0.05, 0.1) is 16.9 Å². The number of nitrogens with zero attached hydrogens (tertiary/aromatic N) is 6. The van der Waals surface area contributed by atoms with Crippen LogP contribution in [0.25, 0.3) is 0 Å². The molecule has 0 spiro atoms. The number of nitriles is 1. The number of benzene rings is 1. The summed E-state index contributed by atoms with van der Waals surface area (Å²) in [7, 11) is 0.